The van der Waals surface area contributed by atoms with Crippen LogP contribution in [0.1, 0.15) is 96.8 Å². The van der Waals surface area contributed by atoms with Crippen LogP contribution >= 0.6 is 15.9 Å². The van der Waals surface area contributed by atoms with Crippen molar-refractivity contribution in [3.05, 3.63) is 24.3 Å². The highest BCUT2D eigenvalue weighted by molar-refractivity contribution is 9.08. The van der Waals surface area contributed by atoms with Gasteiger partial charge in [-0.2, -0.15) is 0 Å². The fourth-order valence-corrected chi connectivity index (χ4v) is 3.05. The molecule has 0 radical (unpaired) electrons. The number of rotatable bonds is 19. The highest BCUT2D eigenvalue weighted by atomic mass is 79.9. The van der Waals surface area contributed by atoms with Crippen molar-refractivity contribution in [2.45, 2.75) is 96.8 Å². The van der Waals surface area contributed by atoms with Gasteiger partial charge in [0.2, 0.25) is 0 Å². The van der Waals surface area contributed by atoms with Gasteiger partial charge in [0.05, 0.1) is 40.7 Å². The molecule has 0 rings (SSSR count). The molecule has 0 bridgehead atoms. The summed E-state index contributed by atoms with van der Waals surface area (Å²) in [5.74, 6) is 1.78. The molecule has 0 saturated carbocycles. The van der Waals surface area contributed by atoms with Crippen LogP contribution in [0.3, 0.4) is 0 Å². The van der Waals surface area contributed by atoms with Crippen molar-refractivity contribution >= 4 is 21.9 Å². The van der Waals surface area contributed by atoms with E-state index in [0.29, 0.717) is 13.0 Å². The Morgan fingerprint density at radius 2 is 1.30 bits per heavy atom. The van der Waals surface area contributed by atoms with Gasteiger partial charge in [-0.15, -0.1) is 0 Å². The summed E-state index contributed by atoms with van der Waals surface area (Å²) < 4.78 is 6.22. The van der Waals surface area contributed by atoms with Crippen LogP contribution in [0.4, 0.5) is 0 Å². The lowest BCUT2D eigenvalue weighted by Gasteiger charge is -2.23. The van der Waals surface area contributed by atoms with Crippen molar-refractivity contribution in [3.8, 4) is 0 Å². The number of esters is 1. The molecule has 0 N–H and O–H groups in total. The van der Waals surface area contributed by atoms with Gasteiger partial charge >= 0.3 is 5.97 Å². The number of quaternary nitrogens is 1. The quantitative estimate of drug-likeness (QED) is 0.0607. The number of hydrogen-bond acceptors (Lipinski definition) is 2. The zero-order chi connectivity index (χ0) is 22.9. The van der Waals surface area contributed by atoms with E-state index in [9.17, 15) is 4.79 Å². The normalized spacial score (nSPS) is 11.7. The summed E-state index contributed by atoms with van der Waals surface area (Å²) in [6.07, 6.45) is 25.5. The Kier molecular flexibility index (Phi) is 26.0. The predicted octanol–water partition coefficient (Wildman–Crippen LogP) is 7.84. The Labute approximate surface area is 197 Å². The van der Waals surface area contributed by atoms with Crippen LogP contribution in [0.2, 0.25) is 0 Å². The summed E-state index contributed by atoms with van der Waals surface area (Å²) in [6, 6.07) is 0. The molecule has 0 unspecified atom stereocenters. The topological polar surface area (TPSA) is 26.3 Å². The zero-order valence-corrected chi connectivity index (χ0v) is 22.4. The average molecular weight is 490 g/mol. The van der Waals surface area contributed by atoms with Crippen molar-refractivity contribution in [1.82, 2.24) is 0 Å². The summed E-state index contributed by atoms with van der Waals surface area (Å²) in [7, 11) is 6.44. The van der Waals surface area contributed by atoms with E-state index in [-0.39, 0.29) is 5.97 Å². The lowest BCUT2D eigenvalue weighted by molar-refractivity contribution is -0.870. The smallest absolute Gasteiger partial charge is 0.306 e. The molecule has 0 heterocycles. The van der Waals surface area contributed by atoms with E-state index in [2.05, 4.69) is 68.3 Å². The summed E-state index contributed by atoms with van der Waals surface area (Å²) >= 11 is 2.94. The Balaban J connectivity index is 0. The van der Waals surface area contributed by atoms with E-state index in [0.717, 1.165) is 30.3 Å². The molecule has 0 aromatic rings. The number of halogens is 1. The number of carbonyl (C=O) groups excluding carboxylic acids is 1. The van der Waals surface area contributed by atoms with Gasteiger partial charge in [-0.3, -0.25) is 4.79 Å². The highest BCUT2D eigenvalue weighted by Gasteiger charge is 2.09. The second-order valence-corrected chi connectivity index (χ2v) is 8.92. The first kappa shape index (κ1) is 31.6. The fourth-order valence-electron chi connectivity index (χ4n) is 3.05. The molecule has 0 aliphatic carbocycles. The number of nitrogens with zero attached hydrogens (tertiary/aromatic N) is 1. The SMILES string of the molecule is CBr.CCCCC/C=C/C/C=C/CCCCCCCCOC(=O)CCC[N+](C)(C)C. The minimum Gasteiger partial charge on any atom is -0.466 e. The second kappa shape index (κ2) is 24.7. The average Bonchev–Trinajstić information content (AvgIpc) is 2.71. The molecule has 0 spiro atoms. The molecular weight excluding hydrogens is 438 g/mol. The van der Waals surface area contributed by atoms with Crippen molar-refractivity contribution in [3.63, 3.8) is 0 Å². The first-order chi connectivity index (χ1) is 14.5. The summed E-state index contributed by atoms with van der Waals surface area (Å²) in [4.78, 5) is 11.6. The van der Waals surface area contributed by atoms with Gasteiger partial charge in [-0.25, -0.2) is 0 Å². The van der Waals surface area contributed by atoms with Gasteiger partial charge in [0.1, 0.15) is 0 Å². The van der Waals surface area contributed by atoms with E-state index < -0.39 is 0 Å². The number of ether oxygens (including phenoxy) is 1. The monoisotopic (exact) mass is 488 g/mol. The van der Waals surface area contributed by atoms with E-state index in [1.54, 1.807) is 0 Å². The van der Waals surface area contributed by atoms with Crippen LogP contribution in [0, 0.1) is 0 Å². The number of hydrogen-bond donors (Lipinski definition) is 0. The molecule has 0 amide bonds. The first-order valence-corrected chi connectivity index (χ1v) is 13.7. The maximum absolute atomic E-state index is 11.6. The van der Waals surface area contributed by atoms with Crippen molar-refractivity contribution in [2.24, 2.45) is 0 Å². The third kappa shape index (κ3) is 29.6. The van der Waals surface area contributed by atoms with Crippen molar-refractivity contribution < 1.29 is 14.0 Å². The van der Waals surface area contributed by atoms with Gasteiger partial charge < -0.3 is 9.22 Å². The third-order valence-electron chi connectivity index (χ3n) is 4.82. The van der Waals surface area contributed by atoms with E-state index in [1.807, 2.05) is 5.83 Å². The highest BCUT2D eigenvalue weighted by Crippen LogP contribution is 2.08. The lowest BCUT2D eigenvalue weighted by Crippen LogP contribution is -2.35. The molecule has 0 aliphatic heterocycles. The van der Waals surface area contributed by atoms with Gasteiger partial charge in [-0.1, -0.05) is 85.7 Å². The van der Waals surface area contributed by atoms with Crippen LogP contribution < -0.4 is 0 Å². The zero-order valence-electron chi connectivity index (χ0n) is 20.8. The van der Waals surface area contributed by atoms with Gasteiger partial charge in [0, 0.05) is 6.42 Å². The van der Waals surface area contributed by atoms with Gasteiger partial charge in [0.15, 0.2) is 0 Å². The molecule has 0 aliphatic rings. The van der Waals surface area contributed by atoms with Crippen LogP contribution in [0.5, 0.6) is 0 Å². The molecule has 0 aromatic heterocycles. The summed E-state index contributed by atoms with van der Waals surface area (Å²) in [5, 5.41) is 0. The molecule has 3 nitrogen and oxygen atoms in total. The maximum atomic E-state index is 11.6. The largest absolute Gasteiger partial charge is 0.466 e. The van der Waals surface area contributed by atoms with Crippen molar-refractivity contribution in [2.75, 3.05) is 40.1 Å². The third-order valence-corrected chi connectivity index (χ3v) is 4.82. The Hall–Kier alpha value is -0.610. The van der Waals surface area contributed by atoms with Crippen LogP contribution in [0.25, 0.3) is 0 Å². The molecular formula is C26H51BrNO2+. The molecule has 0 atom stereocenters. The van der Waals surface area contributed by atoms with Crippen molar-refractivity contribution in [1.29, 1.82) is 0 Å². The predicted molar refractivity (Wildman–Crippen MR) is 137 cm³/mol. The van der Waals surface area contributed by atoms with Crippen LogP contribution in [-0.4, -0.2) is 50.6 Å². The molecule has 0 fully saturated rings. The van der Waals surface area contributed by atoms with E-state index in [4.69, 9.17) is 4.74 Å². The van der Waals surface area contributed by atoms with E-state index >= 15 is 0 Å². The minimum atomic E-state index is -0.0314. The fraction of sp³-hybridized carbons (Fsp3) is 0.808. The molecule has 0 saturated heterocycles. The molecule has 0 aromatic carbocycles. The molecule has 178 valence electrons. The van der Waals surface area contributed by atoms with Gasteiger partial charge in [0.25, 0.3) is 0 Å². The van der Waals surface area contributed by atoms with Crippen LogP contribution in [0.15, 0.2) is 24.3 Å². The number of alkyl halides is 1. The summed E-state index contributed by atoms with van der Waals surface area (Å²) in [5.41, 5.74) is 0. The molecule has 4 heteroatoms. The molecule has 30 heavy (non-hydrogen) atoms. The lowest BCUT2D eigenvalue weighted by atomic mass is 10.1. The summed E-state index contributed by atoms with van der Waals surface area (Å²) in [6.45, 7) is 3.86. The minimum absolute atomic E-state index is 0.0314. The number of unbranched alkanes of at least 4 members (excludes halogenated alkanes) is 9. The first-order valence-electron chi connectivity index (χ1n) is 12.1. The van der Waals surface area contributed by atoms with Crippen LogP contribution in [-0.2, 0) is 9.53 Å². The van der Waals surface area contributed by atoms with Gasteiger partial charge in [-0.05, 0) is 44.4 Å². The number of allylic oxidation sites excluding steroid dienone is 4. The maximum Gasteiger partial charge on any atom is 0.306 e. The number of carbonyl (C=O) groups is 1. The Morgan fingerprint density at radius 3 is 1.87 bits per heavy atom. The standard InChI is InChI=1S/C25H48NO2.CH3Br/c1-5-6-7-8-9-10-11-12-13-14-15-16-17-18-19-20-24-28-25(27)22-21-23-26(2,3)4;1-2/h9-10,12-13H,5-8,11,14-24H2,1-4H3;1H3/q+1;/b10-9+,13-12+;. The van der Waals surface area contributed by atoms with E-state index in [1.165, 1.54) is 64.2 Å². The Bertz CT molecular complexity index is 414. The Morgan fingerprint density at radius 1 is 0.767 bits per heavy atom. The second-order valence-electron chi connectivity index (χ2n) is 8.92.